The van der Waals surface area contributed by atoms with E-state index in [0.717, 1.165) is 0 Å². The van der Waals surface area contributed by atoms with Crippen LogP contribution in [-0.2, 0) is 14.2 Å². The molecule has 0 fully saturated rings. The molecular formula is C16H32ClN2O5P. The van der Waals surface area contributed by atoms with Crippen LogP contribution in [0.4, 0.5) is 0 Å². The lowest BCUT2D eigenvalue weighted by molar-refractivity contribution is -0.131. The molecule has 0 aliphatic rings. The standard InChI is InChI=1S/C16H32ClN2O5P/c1-5-18(6-2)14(20)9-11-16(13-17,25(22,23)24)12-10-15(21)19(7-3)8-4/h5-13H2,1-4H3,(H2,22,23,24). The van der Waals surface area contributed by atoms with Gasteiger partial charge in [0.05, 0.1) is 5.16 Å². The second kappa shape index (κ2) is 11.2. The quantitative estimate of drug-likeness (QED) is 0.388. The van der Waals surface area contributed by atoms with Crippen LogP contribution in [0.3, 0.4) is 0 Å². The normalized spacial score (nSPS) is 12.1. The van der Waals surface area contributed by atoms with Gasteiger partial charge >= 0.3 is 7.60 Å². The Kier molecular flexibility index (Phi) is 10.9. The highest BCUT2D eigenvalue weighted by Gasteiger charge is 2.46. The molecule has 0 atom stereocenters. The molecule has 0 aliphatic carbocycles. The van der Waals surface area contributed by atoms with Crippen molar-refractivity contribution < 1.29 is 23.9 Å². The van der Waals surface area contributed by atoms with Gasteiger partial charge in [0.2, 0.25) is 11.8 Å². The second-order valence-electron chi connectivity index (χ2n) is 6.03. The van der Waals surface area contributed by atoms with Crippen LogP contribution in [0, 0.1) is 0 Å². The molecular weight excluding hydrogens is 367 g/mol. The maximum atomic E-state index is 12.2. The first-order chi connectivity index (χ1) is 11.6. The minimum atomic E-state index is -4.59. The van der Waals surface area contributed by atoms with Crippen molar-refractivity contribution in [2.75, 3.05) is 32.1 Å². The van der Waals surface area contributed by atoms with Crippen molar-refractivity contribution in [1.82, 2.24) is 9.80 Å². The molecule has 0 aliphatic heterocycles. The first kappa shape index (κ1) is 24.4. The average Bonchev–Trinajstić information content (AvgIpc) is 2.56. The fraction of sp³-hybridized carbons (Fsp3) is 0.875. The van der Waals surface area contributed by atoms with Crippen molar-refractivity contribution in [2.45, 2.75) is 58.5 Å². The zero-order valence-corrected chi connectivity index (χ0v) is 17.4. The molecule has 0 heterocycles. The summed E-state index contributed by atoms with van der Waals surface area (Å²) in [5.74, 6) is -0.625. The molecule has 2 N–H and O–H groups in total. The highest BCUT2D eigenvalue weighted by Crippen LogP contribution is 2.56. The molecule has 148 valence electrons. The predicted octanol–water partition coefficient (Wildman–Crippen LogP) is 2.44. The Bertz CT molecular complexity index is 447. The van der Waals surface area contributed by atoms with Gasteiger partial charge in [-0.2, -0.15) is 0 Å². The van der Waals surface area contributed by atoms with E-state index in [-0.39, 0.29) is 43.4 Å². The summed E-state index contributed by atoms with van der Waals surface area (Å²) < 4.78 is 12.1. The molecule has 0 aromatic rings. The van der Waals surface area contributed by atoms with Gasteiger partial charge in [-0.3, -0.25) is 14.2 Å². The van der Waals surface area contributed by atoms with Gasteiger partial charge in [0, 0.05) is 44.9 Å². The number of alkyl halides is 1. The molecule has 0 radical (unpaired) electrons. The molecule has 2 amide bonds. The minimum absolute atomic E-state index is 0.00102. The molecule has 0 unspecified atom stereocenters. The molecule has 0 bridgehead atoms. The number of nitrogens with zero attached hydrogens (tertiary/aromatic N) is 2. The van der Waals surface area contributed by atoms with Crippen LogP contribution in [0.15, 0.2) is 0 Å². The van der Waals surface area contributed by atoms with Crippen LogP contribution in [0.2, 0.25) is 0 Å². The van der Waals surface area contributed by atoms with Crippen LogP contribution in [0.25, 0.3) is 0 Å². The smallest absolute Gasteiger partial charge is 0.332 e. The van der Waals surface area contributed by atoms with Crippen molar-refractivity contribution in [3.8, 4) is 0 Å². The van der Waals surface area contributed by atoms with Crippen LogP contribution in [0.1, 0.15) is 53.4 Å². The molecule has 0 rings (SSSR count). The molecule has 25 heavy (non-hydrogen) atoms. The fourth-order valence-electron chi connectivity index (χ4n) is 2.78. The van der Waals surface area contributed by atoms with Crippen LogP contribution < -0.4 is 0 Å². The third-order valence-electron chi connectivity index (χ3n) is 4.71. The number of carbonyl (C=O) groups is 2. The Morgan fingerprint density at radius 2 is 1.20 bits per heavy atom. The van der Waals surface area contributed by atoms with E-state index < -0.39 is 12.8 Å². The lowest BCUT2D eigenvalue weighted by Gasteiger charge is -2.33. The summed E-state index contributed by atoms with van der Waals surface area (Å²) in [4.78, 5) is 47.3. The van der Waals surface area contributed by atoms with E-state index in [1.54, 1.807) is 9.80 Å². The number of halogens is 1. The first-order valence-electron chi connectivity index (χ1n) is 8.79. The molecule has 0 aromatic carbocycles. The Morgan fingerprint density at radius 1 is 0.880 bits per heavy atom. The van der Waals surface area contributed by atoms with Crippen molar-refractivity contribution in [1.29, 1.82) is 0 Å². The maximum Gasteiger partial charge on any atom is 0.332 e. The number of hydrogen-bond acceptors (Lipinski definition) is 3. The van der Waals surface area contributed by atoms with Gasteiger partial charge in [0.15, 0.2) is 0 Å². The summed E-state index contributed by atoms with van der Waals surface area (Å²) in [6.07, 6.45) is -0.0821. The van der Waals surface area contributed by atoms with Gasteiger partial charge in [-0.1, -0.05) is 0 Å². The third-order valence-corrected chi connectivity index (χ3v) is 7.25. The highest BCUT2D eigenvalue weighted by atomic mass is 35.5. The van der Waals surface area contributed by atoms with Crippen molar-refractivity contribution in [3.63, 3.8) is 0 Å². The Hall–Kier alpha value is -0.620. The monoisotopic (exact) mass is 398 g/mol. The van der Waals surface area contributed by atoms with Crippen molar-refractivity contribution >= 4 is 31.0 Å². The van der Waals surface area contributed by atoms with Gasteiger partial charge in [0.1, 0.15) is 0 Å². The zero-order chi connectivity index (χ0) is 19.7. The Balaban J connectivity index is 5.18. The van der Waals surface area contributed by atoms with Gasteiger partial charge in [0.25, 0.3) is 0 Å². The number of carbonyl (C=O) groups excluding carboxylic acids is 2. The molecule has 0 spiro atoms. The van der Waals surface area contributed by atoms with Crippen molar-refractivity contribution in [2.24, 2.45) is 0 Å². The van der Waals surface area contributed by atoms with Crippen LogP contribution in [0.5, 0.6) is 0 Å². The summed E-state index contributed by atoms with van der Waals surface area (Å²) in [6.45, 7) is 9.56. The van der Waals surface area contributed by atoms with E-state index >= 15 is 0 Å². The van der Waals surface area contributed by atoms with Gasteiger partial charge < -0.3 is 19.6 Å². The molecule has 7 nitrogen and oxygen atoms in total. The van der Waals surface area contributed by atoms with Gasteiger partial charge in [-0.15, -0.1) is 11.6 Å². The average molecular weight is 399 g/mol. The Labute approximate surface area is 155 Å². The van der Waals surface area contributed by atoms with E-state index in [2.05, 4.69) is 0 Å². The molecule has 0 saturated heterocycles. The summed E-state index contributed by atoms with van der Waals surface area (Å²) in [7, 11) is -4.59. The predicted molar refractivity (Wildman–Crippen MR) is 99.8 cm³/mol. The minimum Gasteiger partial charge on any atom is -0.343 e. The van der Waals surface area contributed by atoms with Crippen LogP contribution in [-0.4, -0.2) is 68.6 Å². The van der Waals surface area contributed by atoms with E-state index in [0.29, 0.717) is 26.2 Å². The Morgan fingerprint density at radius 3 is 1.40 bits per heavy atom. The van der Waals surface area contributed by atoms with Crippen molar-refractivity contribution in [3.05, 3.63) is 0 Å². The lowest BCUT2D eigenvalue weighted by Crippen LogP contribution is -2.38. The summed E-state index contributed by atoms with van der Waals surface area (Å²) >= 11 is 5.93. The molecule has 0 aromatic heterocycles. The summed E-state index contributed by atoms with van der Waals surface area (Å²) in [5.41, 5.74) is 0. The third kappa shape index (κ3) is 6.89. The fourth-order valence-corrected chi connectivity index (χ4v) is 4.47. The largest absolute Gasteiger partial charge is 0.343 e. The number of amides is 2. The SMILES string of the molecule is CCN(CC)C(=O)CCC(CCl)(CCC(=O)N(CC)CC)P(=O)(O)O. The second-order valence-corrected chi connectivity index (χ2v) is 8.34. The number of rotatable bonds is 12. The van der Waals surface area contributed by atoms with E-state index in [1.165, 1.54) is 0 Å². The zero-order valence-electron chi connectivity index (χ0n) is 15.7. The summed E-state index contributed by atoms with van der Waals surface area (Å²) in [5, 5.41) is -1.56. The molecule has 0 saturated carbocycles. The maximum absolute atomic E-state index is 12.2. The van der Waals surface area contributed by atoms with E-state index in [9.17, 15) is 23.9 Å². The van der Waals surface area contributed by atoms with Crippen LogP contribution >= 0.6 is 19.2 Å². The summed E-state index contributed by atoms with van der Waals surface area (Å²) in [6, 6.07) is 0. The van der Waals surface area contributed by atoms with E-state index in [1.807, 2.05) is 27.7 Å². The van der Waals surface area contributed by atoms with Gasteiger partial charge in [-0.25, -0.2) is 0 Å². The topological polar surface area (TPSA) is 98.2 Å². The van der Waals surface area contributed by atoms with E-state index in [4.69, 9.17) is 11.6 Å². The van der Waals surface area contributed by atoms with Gasteiger partial charge in [-0.05, 0) is 40.5 Å². The first-order valence-corrected chi connectivity index (χ1v) is 10.9. The highest BCUT2D eigenvalue weighted by molar-refractivity contribution is 7.53. The molecule has 9 heteroatoms. The number of hydrogen-bond donors (Lipinski definition) is 2. The lowest BCUT2D eigenvalue weighted by atomic mass is 9.97.